The van der Waals surface area contributed by atoms with E-state index in [1.54, 1.807) is 12.1 Å². The van der Waals surface area contributed by atoms with Crippen LogP contribution in [0.4, 0.5) is 0 Å². The number of amides is 4. The first-order valence-corrected chi connectivity index (χ1v) is 8.23. The Labute approximate surface area is 143 Å². The number of benzene rings is 1. The molecule has 25 heavy (non-hydrogen) atoms. The Morgan fingerprint density at radius 1 is 1.00 bits per heavy atom. The van der Waals surface area contributed by atoms with Crippen molar-refractivity contribution >= 4 is 34.4 Å². The molecule has 0 aliphatic carbocycles. The zero-order valence-corrected chi connectivity index (χ0v) is 13.9. The van der Waals surface area contributed by atoms with E-state index in [2.05, 4.69) is 5.32 Å². The van der Waals surface area contributed by atoms with Crippen molar-refractivity contribution in [2.75, 3.05) is 0 Å². The molecule has 1 atom stereocenters. The number of piperidine rings is 1. The van der Waals surface area contributed by atoms with Gasteiger partial charge < -0.3 is 4.57 Å². The van der Waals surface area contributed by atoms with Crippen LogP contribution in [-0.2, 0) is 9.59 Å². The van der Waals surface area contributed by atoms with Crippen molar-refractivity contribution in [2.24, 2.45) is 0 Å². The molecule has 1 N–H and O–H groups in total. The second-order valence-corrected chi connectivity index (χ2v) is 6.77. The third kappa shape index (κ3) is 2.26. The van der Waals surface area contributed by atoms with E-state index in [-0.39, 0.29) is 24.8 Å². The molecule has 1 aromatic heterocycles. The lowest BCUT2D eigenvalue weighted by molar-refractivity contribution is -0.136. The molecule has 7 heteroatoms. The minimum Gasteiger partial charge on any atom is -0.351 e. The highest BCUT2D eigenvalue weighted by molar-refractivity contribution is 6.25. The van der Waals surface area contributed by atoms with Crippen LogP contribution in [0.3, 0.4) is 0 Å². The van der Waals surface area contributed by atoms with Gasteiger partial charge in [-0.3, -0.25) is 29.4 Å². The number of imide groups is 2. The van der Waals surface area contributed by atoms with E-state index in [0.717, 1.165) is 15.7 Å². The van der Waals surface area contributed by atoms with Crippen LogP contribution in [0.1, 0.15) is 53.4 Å². The van der Waals surface area contributed by atoms with Crippen molar-refractivity contribution in [3.63, 3.8) is 0 Å². The van der Waals surface area contributed by atoms with E-state index in [9.17, 15) is 19.2 Å². The van der Waals surface area contributed by atoms with Gasteiger partial charge in [0, 0.05) is 35.6 Å². The molecule has 4 amide bonds. The standard InChI is InChI=1S/C18H17N3O4/c1-9(2)20-7-10-5-12-13(6-11(10)8-20)18(25)21(17(12)24)14-3-4-15(22)19-16(14)23/h5-9,14H,3-4H2,1-2H3,(H,19,22,23)/t14-/m1/s1. The molecule has 1 aromatic carbocycles. The lowest BCUT2D eigenvalue weighted by Crippen LogP contribution is -2.54. The third-order valence-electron chi connectivity index (χ3n) is 4.82. The molecule has 4 rings (SSSR count). The molecule has 1 saturated heterocycles. The minimum absolute atomic E-state index is 0.116. The topological polar surface area (TPSA) is 88.5 Å². The maximum absolute atomic E-state index is 12.8. The van der Waals surface area contributed by atoms with Crippen molar-refractivity contribution in [3.05, 3.63) is 35.7 Å². The van der Waals surface area contributed by atoms with Crippen LogP contribution in [0.2, 0.25) is 0 Å². The summed E-state index contributed by atoms with van der Waals surface area (Å²) in [6, 6.07) is 2.75. The van der Waals surface area contributed by atoms with E-state index in [1.807, 2.05) is 30.8 Å². The zero-order chi connectivity index (χ0) is 17.9. The lowest BCUT2D eigenvalue weighted by Gasteiger charge is -2.27. The molecule has 0 unspecified atom stereocenters. The van der Waals surface area contributed by atoms with Crippen molar-refractivity contribution in [1.82, 2.24) is 14.8 Å². The molecule has 0 spiro atoms. The highest BCUT2D eigenvalue weighted by Gasteiger charge is 2.44. The fraction of sp³-hybridized carbons (Fsp3) is 0.333. The summed E-state index contributed by atoms with van der Waals surface area (Å²) in [6.45, 7) is 4.10. The molecule has 7 nitrogen and oxygen atoms in total. The van der Waals surface area contributed by atoms with Crippen LogP contribution >= 0.6 is 0 Å². The number of hydrogen-bond acceptors (Lipinski definition) is 4. The van der Waals surface area contributed by atoms with Gasteiger partial charge in [-0.1, -0.05) is 0 Å². The van der Waals surface area contributed by atoms with Gasteiger partial charge in [-0.05, 0) is 32.4 Å². The molecule has 3 heterocycles. The highest BCUT2D eigenvalue weighted by Crippen LogP contribution is 2.31. The molecular weight excluding hydrogens is 322 g/mol. The van der Waals surface area contributed by atoms with Gasteiger partial charge in [-0.2, -0.15) is 0 Å². The van der Waals surface area contributed by atoms with Gasteiger partial charge in [-0.15, -0.1) is 0 Å². The summed E-state index contributed by atoms with van der Waals surface area (Å²) >= 11 is 0. The smallest absolute Gasteiger partial charge is 0.262 e. The maximum Gasteiger partial charge on any atom is 0.262 e. The Kier molecular flexibility index (Phi) is 3.28. The first-order chi connectivity index (χ1) is 11.9. The van der Waals surface area contributed by atoms with E-state index < -0.39 is 23.8 Å². The van der Waals surface area contributed by atoms with Crippen molar-refractivity contribution in [2.45, 2.75) is 38.8 Å². The van der Waals surface area contributed by atoms with E-state index in [4.69, 9.17) is 0 Å². The number of fused-ring (bicyclic) bond motifs is 2. The zero-order valence-electron chi connectivity index (χ0n) is 13.9. The normalized spacial score (nSPS) is 20.6. The molecule has 1 fully saturated rings. The number of carbonyl (C=O) groups excluding carboxylic acids is 4. The fourth-order valence-electron chi connectivity index (χ4n) is 3.43. The maximum atomic E-state index is 12.8. The third-order valence-corrected chi connectivity index (χ3v) is 4.82. The van der Waals surface area contributed by atoms with Crippen LogP contribution in [0.25, 0.3) is 10.8 Å². The van der Waals surface area contributed by atoms with Crippen molar-refractivity contribution < 1.29 is 19.2 Å². The summed E-state index contributed by atoms with van der Waals surface area (Å²) in [5.41, 5.74) is 0.618. The number of rotatable bonds is 2. The Bertz CT molecular complexity index is 904. The van der Waals surface area contributed by atoms with E-state index in [1.165, 1.54) is 0 Å². The number of carbonyl (C=O) groups is 4. The van der Waals surface area contributed by atoms with Crippen molar-refractivity contribution in [3.8, 4) is 0 Å². The predicted octanol–water partition coefficient (Wildman–Crippen LogP) is 1.62. The SMILES string of the molecule is CC(C)n1cc2cc3c(cc2c1)C(=O)N([C@@H]1CCC(=O)NC1=O)C3=O. The molecule has 128 valence electrons. The van der Waals surface area contributed by atoms with Gasteiger partial charge >= 0.3 is 0 Å². The summed E-state index contributed by atoms with van der Waals surface area (Å²) in [6.07, 6.45) is 4.15. The second-order valence-electron chi connectivity index (χ2n) is 6.77. The highest BCUT2D eigenvalue weighted by atomic mass is 16.2. The monoisotopic (exact) mass is 339 g/mol. The first-order valence-electron chi connectivity index (χ1n) is 8.23. The quantitative estimate of drug-likeness (QED) is 0.842. The number of hydrogen-bond donors (Lipinski definition) is 1. The Morgan fingerprint density at radius 2 is 1.56 bits per heavy atom. The molecule has 0 saturated carbocycles. The summed E-state index contributed by atoms with van der Waals surface area (Å²) in [7, 11) is 0. The van der Waals surface area contributed by atoms with Crippen LogP contribution in [0.15, 0.2) is 24.5 Å². The Balaban J connectivity index is 1.75. The van der Waals surface area contributed by atoms with Gasteiger partial charge in [0.15, 0.2) is 0 Å². The van der Waals surface area contributed by atoms with E-state index in [0.29, 0.717) is 11.1 Å². The summed E-state index contributed by atoms with van der Waals surface area (Å²) < 4.78 is 2.02. The van der Waals surface area contributed by atoms with Gasteiger partial charge in [0.05, 0.1) is 11.1 Å². The number of nitrogens with one attached hydrogen (secondary N) is 1. The molecular formula is C18H17N3O4. The summed E-state index contributed by atoms with van der Waals surface area (Å²) in [5, 5.41) is 3.94. The minimum atomic E-state index is -0.930. The van der Waals surface area contributed by atoms with Crippen LogP contribution < -0.4 is 5.32 Å². The molecule has 0 radical (unpaired) electrons. The second kappa shape index (κ2) is 5.27. The molecule has 2 aliphatic rings. The van der Waals surface area contributed by atoms with Crippen LogP contribution in [-0.4, -0.2) is 39.1 Å². The fourth-order valence-corrected chi connectivity index (χ4v) is 3.43. The molecule has 0 bridgehead atoms. The van der Waals surface area contributed by atoms with Gasteiger partial charge in [0.1, 0.15) is 6.04 Å². The van der Waals surface area contributed by atoms with Crippen molar-refractivity contribution in [1.29, 1.82) is 0 Å². The average Bonchev–Trinajstić information content (AvgIpc) is 3.07. The van der Waals surface area contributed by atoms with E-state index >= 15 is 0 Å². The predicted molar refractivity (Wildman–Crippen MR) is 89.0 cm³/mol. The average molecular weight is 339 g/mol. The largest absolute Gasteiger partial charge is 0.351 e. The summed E-state index contributed by atoms with van der Waals surface area (Å²) in [5.74, 6) is -1.93. The van der Waals surface area contributed by atoms with Crippen LogP contribution in [0, 0.1) is 0 Å². The molecule has 2 aliphatic heterocycles. The lowest BCUT2D eigenvalue weighted by atomic mass is 10.0. The van der Waals surface area contributed by atoms with Gasteiger partial charge in [-0.25, -0.2) is 0 Å². The van der Waals surface area contributed by atoms with Crippen LogP contribution in [0.5, 0.6) is 0 Å². The molecule has 2 aromatic rings. The number of nitrogens with zero attached hydrogens (tertiary/aromatic N) is 2. The van der Waals surface area contributed by atoms with Gasteiger partial charge in [0.2, 0.25) is 11.8 Å². The van der Waals surface area contributed by atoms with Gasteiger partial charge in [0.25, 0.3) is 11.8 Å². The Morgan fingerprint density at radius 3 is 2.04 bits per heavy atom. The Hall–Kier alpha value is -2.96. The summed E-state index contributed by atoms with van der Waals surface area (Å²) in [4.78, 5) is 49.8. The number of aromatic nitrogens is 1. The first kappa shape index (κ1) is 15.6.